The van der Waals surface area contributed by atoms with Crippen LogP contribution >= 0.6 is 0 Å². The number of ether oxygens (including phenoxy) is 1. The van der Waals surface area contributed by atoms with E-state index in [2.05, 4.69) is 62.1 Å². The maximum Gasteiger partial charge on any atom is 0.247 e. The molecule has 210 valence electrons. The van der Waals surface area contributed by atoms with Crippen LogP contribution in [0.1, 0.15) is 30.1 Å². The van der Waals surface area contributed by atoms with Crippen LogP contribution in [0.3, 0.4) is 0 Å². The first-order valence-electron chi connectivity index (χ1n) is 13.4. The Balaban J connectivity index is 1.43. The molecule has 40 heavy (non-hydrogen) atoms. The molecule has 2 aliphatic heterocycles. The standard InChI is InChI=1S/C29H36N8O3/c1-6-29(38)34-22-13-23(26(39-5)14-25(22)36-11-9-21(17-36)35(3)4)33-27-15-28(32-18-31-27)37-24(10-12-40-37)20-8-7-19(2)30-16-20/h6-8,13-16,18,21,24H,1,9-12,17H2,2-5H3,(H,34,38)(H,31,32,33)/t21-,24+/m0/s1. The van der Waals surface area contributed by atoms with Gasteiger partial charge in [0.2, 0.25) is 5.91 Å². The third-order valence-corrected chi connectivity index (χ3v) is 7.36. The van der Waals surface area contributed by atoms with E-state index in [0.717, 1.165) is 42.9 Å². The lowest BCUT2D eigenvalue weighted by molar-refractivity contribution is -0.111. The van der Waals surface area contributed by atoms with Gasteiger partial charge in [0, 0.05) is 49.6 Å². The van der Waals surface area contributed by atoms with Crippen molar-refractivity contribution in [2.75, 3.05) is 61.5 Å². The number of aromatic nitrogens is 3. The van der Waals surface area contributed by atoms with Crippen molar-refractivity contribution in [2.24, 2.45) is 0 Å². The van der Waals surface area contributed by atoms with Gasteiger partial charge in [-0.1, -0.05) is 12.6 Å². The van der Waals surface area contributed by atoms with Crippen molar-refractivity contribution >= 4 is 34.6 Å². The molecule has 2 saturated heterocycles. The van der Waals surface area contributed by atoms with E-state index in [9.17, 15) is 4.79 Å². The summed E-state index contributed by atoms with van der Waals surface area (Å²) in [5.41, 5.74) is 4.24. The van der Waals surface area contributed by atoms with Crippen molar-refractivity contribution in [3.63, 3.8) is 0 Å². The maximum absolute atomic E-state index is 12.4. The molecule has 0 spiro atoms. The van der Waals surface area contributed by atoms with Gasteiger partial charge in [-0.25, -0.2) is 15.0 Å². The highest BCUT2D eigenvalue weighted by atomic mass is 16.7. The Bertz CT molecular complexity index is 1360. The Morgan fingerprint density at radius 2 is 2.02 bits per heavy atom. The van der Waals surface area contributed by atoms with Gasteiger partial charge in [0.05, 0.1) is 36.8 Å². The van der Waals surface area contributed by atoms with Gasteiger partial charge in [-0.3, -0.25) is 14.6 Å². The number of hydroxylamine groups is 1. The first-order chi connectivity index (χ1) is 19.4. The molecule has 0 radical (unpaired) electrons. The van der Waals surface area contributed by atoms with Crippen LogP contribution in [-0.4, -0.2) is 72.7 Å². The molecular weight excluding hydrogens is 508 g/mol. The van der Waals surface area contributed by atoms with E-state index in [1.165, 1.54) is 12.4 Å². The molecule has 0 aliphatic carbocycles. The van der Waals surface area contributed by atoms with Crippen molar-refractivity contribution in [1.82, 2.24) is 19.9 Å². The van der Waals surface area contributed by atoms with Gasteiger partial charge < -0.3 is 25.2 Å². The summed E-state index contributed by atoms with van der Waals surface area (Å²) in [6.45, 7) is 7.89. The monoisotopic (exact) mass is 544 g/mol. The summed E-state index contributed by atoms with van der Waals surface area (Å²) in [5, 5.41) is 8.13. The third-order valence-electron chi connectivity index (χ3n) is 7.36. The number of methoxy groups -OCH3 is 1. The van der Waals surface area contributed by atoms with Crippen LogP contribution in [0.2, 0.25) is 0 Å². The van der Waals surface area contributed by atoms with E-state index in [4.69, 9.17) is 9.57 Å². The lowest BCUT2D eigenvalue weighted by Crippen LogP contribution is -2.31. The summed E-state index contributed by atoms with van der Waals surface area (Å²) in [6.07, 6.45) is 6.50. The average Bonchev–Trinajstić information content (AvgIpc) is 3.65. The molecule has 4 heterocycles. The van der Waals surface area contributed by atoms with Crippen LogP contribution < -0.4 is 25.3 Å². The molecule has 2 atom stereocenters. The molecule has 5 rings (SSSR count). The van der Waals surface area contributed by atoms with Crippen molar-refractivity contribution in [1.29, 1.82) is 0 Å². The predicted molar refractivity (Wildman–Crippen MR) is 156 cm³/mol. The smallest absolute Gasteiger partial charge is 0.247 e. The lowest BCUT2D eigenvalue weighted by Gasteiger charge is -2.26. The Morgan fingerprint density at radius 1 is 1.18 bits per heavy atom. The molecule has 2 fully saturated rings. The predicted octanol–water partition coefficient (Wildman–Crippen LogP) is 4.08. The SMILES string of the molecule is C=CC(=O)Nc1cc(Nc2cc(N3OCC[C@@H]3c3ccc(C)nc3)ncn2)c(OC)cc1N1CC[C@H](N(C)C)C1. The van der Waals surface area contributed by atoms with Gasteiger partial charge in [-0.2, -0.15) is 0 Å². The van der Waals surface area contributed by atoms with E-state index in [1.54, 1.807) is 7.11 Å². The van der Waals surface area contributed by atoms with Crippen LogP contribution in [0.25, 0.3) is 0 Å². The number of likely N-dealkylation sites (N-methyl/N-ethyl adjacent to an activating group) is 1. The van der Waals surface area contributed by atoms with Gasteiger partial charge in [0.15, 0.2) is 5.82 Å². The Morgan fingerprint density at radius 3 is 2.73 bits per heavy atom. The number of anilines is 5. The van der Waals surface area contributed by atoms with Gasteiger partial charge >= 0.3 is 0 Å². The van der Waals surface area contributed by atoms with E-state index in [1.807, 2.05) is 42.4 Å². The first-order valence-corrected chi connectivity index (χ1v) is 13.4. The number of hydrogen-bond acceptors (Lipinski definition) is 10. The fraction of sp³-hybridized carbons (Fsp3) is 0.379. The van der Waals surface area contributed by atoms with E-state index >= 15 is 0 Å². The van der Waals surface area contributed by atoms with Gasteiger partial charge in [0.25, 0.3) is 0 Å². The molecule has 0 unspecified atom stereocenters. The molecule has 3 aromatic rings. The van der Waals surface area contributed by atoms with Crippen LogP contribution in [0.15, 0.2) is 55.5 Å². The molecule has 2 aliphatic rings. The van der Waals surface area contributed by atoms with Crippen molar-refractivity contribution in [3.8, 4) is 5.75 Å². The number of nitrogens with one attached hydrogen (secondary N) is 2. The molecule has 2 N–H and O–H groups in total. The summed E-state index contributed by atoms with van der Waals surface area (Å²) in [7, 11) is 5.80. The summed E-state index contributed by atoms with van der Waals surface area (Å²) in [6, 6.07) is 10.1. The zero-order valence-corrected chi connectivity index (χ0v) is 23.4. The van der Waals surface area contributed by atoms with Crippen LogP contribution in [0.5, 0.6) is 5.75 Å². The van der Waals surface area contributed by atoms with Crippen molar-refractivity contribution in [2.45, 2.75) is 31.8 Å². The second kappa shape index (κ2) is 11.9. The highest BCUT2D eigenvalue weighted by Crippen LogP contribution is 2.40. The first kappa shape index (κ1) is 27.4. The number of rotatable bonds is 9. The normalized spacial score (nSPS) is 18.7. The quantitative estimate of drug-likeness (QED) is 0.383. The molecule has 11 nitrogen and oxygen atoms in total. The Labute approximate surface area is 234 Å². The highest BCUT2D eigenvalue weighted by Gasteiger charge is 2.30. The summed E-state index contributed by atoms with van der Waals surface area (Å²) in [5.74, 6) is 1.53. The molecule has 11 heteroatoms. The molecule has 0 saturated carbocycles. The summed E-state index contributed by atoms with van der Waals surface area (Å²) >= 11 is 0. The second-order valence-electron chi connectivity index (χ2n) is 10.2. The van der Waals surface area contributed by atoms with Gasteiger partial charge in [-0.15, -0.1) is 0 Å². The fourth-order valence-electron chi connectivity index (χ4n) is 5.11. The Hall–Kier alpha value is -4.22. The van der Waals surface area contributed by atoms with Crippen LogP contribution in [0.4, 0.5) is 28.7 Å². The molecule has 1 aromatic carbocycles. The minimum absolute atomic E-state index is 0.00293. The van der Waals surface area contributed by atoms with Gasteiger partial charge in [0.1, 0.15) is 17.9 Å². The molecular formula is C29H36N8O3. The molecule has 2 aromatic heterocycles. The number of aryl methyl sites for hydroxylation is 1. The highest BCUT2D eigenvalue weighted by molar-refractivity contribution is 6.02. The number of amides is 1. The number of carbonyl (C=O) groups excluding carboxylic acids is 1. The van der Waals surface area contributed by atoms with E-state index < -0.39 is 0 Å². The molecule has 0 bridgehead atoms. The maximum atomic E-state index is 12.4. The number of nitrogens with zero attached hydrogens (tertiary/aromatic N) is 6. The second-order valence-corrected chi connectivity index (χ2v) is 10.2. The third kappa shape index (κ3) is 5.85. The minimum atomic E-state index is -0.284. The largest absolute Gasteiger partial charge is 0.494 e. The van der Waals surface area contributed by atoms with Crippen molar-refractivity contribution in [3.05, 3.63) is 66.8 Å². The van der Waals surface area contributed by atoms with Gasteiger partial charge in [-0.05, 0) is 51.2 Å². The van der Waals surface area contributed by atoms with Crippen LogP contribution in [-0.2, 0) is 9.63 Å². The van der Waals surface area contributed by atoms with Crippen LogP contribution in [0, 0.1) is 6.92 Å². The summed E-state index contributed by atoms with van der Waals surface area (Å²) in [4.78, 5) is 36.2. The number of hydrogen-bond donors (Lipinski definition) is 2. The van der Waals surface area contributed by atoms with E-state index in [0.29, 0.717) is 41.4 Å². The fourth-order valence-corrected chi connectivity index (χ4v) is 5.11. The Kier molecular flexibility index (Phi) is 8.13. The average molecular weight is 545 g/mol. The molecule has 1 amide bonds. The number of carbonyl (C=O) groups is 1. The zero-order valence-electron chi connectivity index (χ0n) is 23.4. The minimum Gasteiger partial charge on any atom is -0.494 e. The van der Waals surface area contributed by atoms with Crippen molar-refractivity contribution < 1.29 is 14.4 Å². The number of pyridine rings is 1. The van der Waals surface area contributed by atoms with E-state index in [-0.39, 0.29) is 11.9 Å². The zero-order chi connectivity index (χ0) is 28.2. The lowest BCUT2D eigenvalue weighted by atomic mass is 10.1. The summed E-state index contributed by atoms with van der Waals surface area (Å²) < 4.78 is 5.78. The topological polar surface area (TPSA) is 108 Å². The number of benzene rings is 1.